The van der Waals surface area contributed by atoms with Crippen LogP contribution in [0, 0.1) is 17.3 Å². The molecule has 2 aliphatic carbocycles. The Kier molecular flexibility index (Phi) is 3.77. The van der Waals surface area contributed by atoms with Crippen LogP contribution in [0.15, 0.2) is 35.1 Å². The molecule has 0 aromatic rings. The third-order valence-corrected chi connectivity index (χ3v) is 6.35. The maximum atomic E-state index is 9.94. The van der Waals surface area contributed by atoms with Crippen LogP contribution in [-0.2, 0) is 0 Å². The predicted molar refractivity (Wildman–Crippen MR) is 88.2 cm³/mol. The number of hydrogen-bond donors (Lipinski definition) is 1. The molecule has 4 unspecified atom stereocenters. The molecule has 2 fully saturated rings. The van der Waals surface area contributed by atoms with Crippen LogP contribution >= 0.6 is 0 Å². The van der Waals surface area contributed by atoms with Gasteiger partial charge in [0.25, 0.3) is 0 Å². The van der Waals surface area contributed by atoms with Crippen LogP contribution in [0.4, 0.5) is 0 Å². The van der Waals surface area contributed by atoms with Gasteiger partial charge in [-0.1, -0.05) is 37.1 Å². The van der Waals surface area contributed by atoms with Crippen molar-refractivity contribution >= 4 is 0 Å². The molecule has 0 amide bonds. The van der Waals surface area contributed by atoms with Gasteiger partial charge in [-0.2, -0.15) is 0 Å². The van der Waals surface area contributed by atoms with E-state index >= 15 is 0 Å². The monoisotopic (exact) mass is 287 g/mol. The lowest BCUT2D eigenvalue weighted by Gasteiger charge is -2.58. The van der Waals surface area contributed by atoms with Crippen LogP contribution in [-0.4, -0.2) is 29.1 Å². The van der Waals surface area contributed by atoms with Gasteiger partial charge in [0.05, 0.1) is 5.76 Å². The van der Waals surface area contributed by atoms with Gasteiger partial charge in [-0.05, 0) is 56.6 Å². The molecule has 3 aliphatic rings. The van der Waals surface area contributed by atoms with Crippen LogP contribution < -0.4 is 0 Å². The van der Waals surface area contributed by atoms with Crippen LogP contribution in [0.1, 0.15) is 47.0 Å². The van der Waals surface area contributed by atoms with E-state index in [1.165, 1.54) is 25.0 Å². The molecule has 116 valence electrons. The fraction of sp³-hybridized carbons (Fsp3) is 0.684. The molecule has 0 radical (unpaired) electrons. The molecule has 2 nitrogen and oxygen atoms in total. The summed E-state index contributed by atoms with van der Waals surface area (Å²) >= 11 is 0. The summed E-state index contributed by atoms with van der Waals surface area (Å²) < 4.78 is 0. The minimum Gasteiger partial charge on any atom is -0.512 e. The first-order chi connectivity index (χ1) is 9.91. The Hall–Kier alpha value is -1.02. The SMILES string of the molecule is CC(C)=CCN1CCC2(C)C3CC(O)=CC=C3CC1C2C. The number of aliphatic hydroxyl groups is 1. The third-order valence-electron chi connectivity index (χ3n) is 6.35. The topological polar surface area (TPSA) is 23.5 Å². The van der Waals surface area contributed by atoms with Crippen LogP contribution in [0.2, 0.25) is 0 Å². The number of allylic oxidation sites excluding steroid dienone is 4. The van der Waals surface area contributed by atoms with Crippen molar-refractivity contribution in [3.63, 3.8) is 0 Å². The molecule has 1 N–H and O–H groups in total. The summed E-state index contributed by atoms with van der Waals surface area (Å²) in [6, 6.07) is 0.662. The zero-order valence-electron chi connectivity index (χ0n) is 13.9. The lowest BCUT2D eigenvalue weighted by atomic mass is 9.53. The van der Waals surface area contributed by atoms with E-state index in [1.807, 2.05) is 6.08 Å². The summed E-state index contributed by atoms with van der Waals surface area (Å²) in [6.07, 6.45) is 9.76. The van der Waals surface area contributed by atoms with Gasteiger partial charge in [0.2, 0.25) is 0 Å². The molecule has 0 aromatic carbocycles. The molecule has 1 saturated heterocycles. The molecule has 1 aliphatic heterocycles. The average molecular weight is 287 g/mol. The fourth-order valence-corrected chi connectivity index (χ4v) is 4.69. The summed E-state index contributed by atoms with van der Waals surface area (Å²) in [5.74, 6) is 1.83. The molecule has 2 bridgehead atoms. The Labute approximate surface area is 129 Å². The Balaban J connectivity index is 1.88. The first-order valence-electron chi connectivity index (χ1n) is 8.38. The van der Waals surface area contributed by atoms with Crippen molar-refractivity contribution in [2.24, 2.45) is 17.3 Å². The number of piperidine rings is 1. The smallest absolute Gasteiger partial charge is 0.0928 e. The van der Waals surface area contributed by atoms with Gasteiger partial charge in [0.15, 0.2) is 0 Å². The number of hydrogen-bond acceptors (Lipinski definition) is 2. The Morgan fingerprint density at radius 2 is 2.14 bits per heavy atom. The zero-order valence-corrected chi connectivity index (χ0v) is 13.9. The van der Waals surface area contributed by atoms with Gasteiger partial charge >= 0.3 is 0 Å². The summed E-state index contributed by atoms with van der Waals surface area (Å²) in [5.41, 5.74) is 3.33. The number of aliphatic hydroxyl groups excluding tert-OH is 1. The highest BCUT2D eigenvalue weighted by Gasteiger charge is 2.52. The Bertz CT molecular complexity index is 512. The lowest BCUT2D eigenvalue weighted by molar-refractivity contribution is -0.0503. The van der Waals surface area contributed by atoms with Crippen LogP contribution in [0.5, 0.6) is 0 Å². The van der Waals surface area contributed by atoms with Gasteiger partial charge in [-0.3, -0.25) is 4.90 Å². The van der Waals surface area contributed by atoms with Gasteiger partial charge < -0.3 is 5.11 Å². The van der Waals surface area contributed by atoms with Gasteiger partial charge in [-0.15, -0.1) is 0 Å². The highest BCUT2D eigenvalue weighted by molar-refractivity contribution is 5.30. The molecule has 0 spiro atoms. The minimum atomic E-state index is 0.346. The van der Waals surface area contributed by atoms with E-state index in [4.69, 9.17) is 0 Å². The van der Waals surface area contributed by atoms with E-state index in [2.05, 4.69) is 44.7 Å². The first kappa shape index (κ1) is 14.9. The molecule has 1 heterocycles. The van der Waals surface area contributed by atoms with Crippen molar-refractivity contribution in [2.75, 3.05) is 13.1 Å². The molecular formula is C19H29NO. The van der Waals surface area contributed by atoms with E-state index < -0.39 is 0 Å². The highest BCUT2D eigenvalue weighted by Crippen LogP contribution is 2.56. The molecule has 1 saturated carbocycles. The molecule has 4 atom stereocenters. The molecule has 0 aromatic heterocycles. The van der Waals surface area contributed by atoms with E-state index in [9.17, 15) is 5.11 Å². The van der Waals surface area contributed by atoms with E-state index in [0.717, 1.165) is 13.0 Å². The van der Waals surface area contributed by atoms with Gasteiger partial charge in [-0.25, -0.2) is 0 Å². The maximum absolute atomic E-state index is 9.94. The highest BCUT2D eigenvalue weighted by atomic mass is 16.3. The van der Waals surface area contributed by atoms with Crippen molar-refractivity contribution in [1.82, 2.24) is 4.90 Å². The van der Waals surface area contributed by atoms with Crippen LogP contribution in [0.3, 0.4) is 0 Å². The quantitative estimate of drug-likeness (QED) is 0.758. The van der Waals surface area contributed by atoms with Crippen molar-refractivity contribution in [3.8, 4) is 0 Å². The normalized spacial score (nSPS) is 39.1. The molecule has 21 heavy (non-hydrogen) atoms. The molecule has 2 heteroatoms. The second kappa shape index (κ2) is 5.31. The number of rotatable bonds is 2. The maximum Gasteiger partial charge on any atom is 0.0928 e. The van der Waals surface area contributed by atoms with Crippen molar-refractivity contribution < 1.29 is 5.11 Å². The van der Waals surface area contributed by atoms with E-state index in [1.54, 1.807) is 5.57 Å². The number of fused-ring (bicyclic) bond motifs is 4. The Morgan fingerprint density at radius 3 is 2.86 bits per heavy atom. The van der Waals surface area contributed by atoms with Crippen LogP contribution in [0.25, 0.3) is 0 Å². The minimum absolute atomic E-state index is 0.346. The lowest BCUT2D eigenvalue weighted by Crippen LogP contribution is -2.58. The molecular weight excluding hydrogens is 258 g/mol. The fourth-order valence-electron chi connectivity index (χ4n) is 4.69. The summed E-state index contributed by atoms with van der Waals surface area (Å²) in [6.45, 7) is 11.6. The van der Waals surface area contributed by atoms with Gasteiger partial charge in [0.1, 0.15) is 0 Å². The van der Waals surface area contributed by atoms with E-state index in [0.29, 0.717) is 29.1 Å². The standard InChI is InChI=1S/C19H29NO/c1-13(2)7-9-20-10-8-19(4)14(3)18(20)11-15-5-6-16(21)12-17(15)19/h5-7,14,17-18,21H,8-12H2,1-4H3. The van der Waals surface area contributed by atoms with E-state index in [-0.39, 0.29) is 0 Å². The summed E-state index contributed by atoms with van der Waals surface area (Å²) in [4.78, 5) is 2.68. The summed E-state index contributed by atoms with van der Waals surface area (Å²) in [7, 11) is 0. The zero-order chi connectivity index (χ0) is 15.2. The predicted octanol–water partition coefficient (Wildman–Crippen LogP) is 4.46. The molecule has 3 rings (SSSR count). The van der Waals surface area contributed by atoms with Gasteiger partial charge in [0, 0.05) is 19.0 Å². The second-order valence-electron chi connectivity index (χ2n) is 7.75. The second-order valence-corrected chi connectivity index (χ2v) is 7.75. The van der Waals surface area contributed by atoms with Crippen molar-refractivity contribution in [3.05, 3.63) is 35.1 Å². The van der Waals surface area contributed by atoms with Crippen molar-refractivity contribution in [1.29, 1.82) is 0 Å². The average Bonchev–Trinajstić information content (AvgIpc) is 2.43. The summed E-state index contributed by atoms with van der Waals surface area (Å²) in [5, 5.41) is 9.94. The third kappa shape index (κ3) is 2.48. The largest absolute Gasteiger partial charge is 0.512 e. The van der Waals surface area contributed by atoms with Crippen molar-refractivity contribution in [2.45, 2.75) is 53.0 Å². The Morgan fingerprint density at radius 1 is 1.38 bits per heavy atom. The number of nitrogens with zero attached hydrogens (tertiary/aromatic N) is 1. The number of likely N-dealkylation sites (tertiary alicyclic amines) is 1. The first-order valence-corrected chi connectivity index (χ1v) is 8.38.